The first-order chi connectivity index (χ1) is 17.0. The molecule has 1 aromatic heterocycles. The normalized spacial score (nSPS) is 11.6. The van der Waals surface area contributed by atoms with E-state index in [0.717, 1.165) is 16.7 Å². The van der Waals surface area contributed by atoms with Gasteiger partial charge in [-0.3, -0.25) is 9.59 Å². The second-order valence-corrected chi connectivity index (χ2v) is 10.3. The third-order valence-corrected chi connectivity index (χ3v) is 6.24. The number of furan rings is 1. The summed E-state index contributed by atoms with van der Waals surface area (Å²) in [6.07, 6.45) is 0.697. The average molecular weight is 487 g/mol. The first kappa shape index (κ1) is 25.4. The molecule has 0 unspecified atom stereocenters. The van der Waals surface area contributed by atoms with Gasteiger partial charge in [-0.25, -0.2) is 4.39 Å². The lowest BCUT2D eigenvalue weighted by Gasteiger charge is -2.19. The number of aryl methyl sites for hydroxylation is 1. The van der Waals surface area contributed by atoms with E-state index in [9.17, 15) is 14.0 Å². The maximum Gasteiger partial charge on any atom is 0.167 e. The third-order valence-electron chi connectivity index (χ3n) is 6.24. The van der Waals surface area contributed by atoms with Crippen molar-refractivity contribution in [1.82, 2.24) is 0 Å². The number of hydrogen-bond acceptors (Lipinski definition) is 4. The second kappa shape index (κ2) is 9.73. The quantitative estimate of drug-likeness (QED) is 0.246. The second-order valence-electron chi connectivity index (χ2n) is 10.3. The predicted molar refractivity (Wildman–Crippen MR) is 141 cm³/mol. The Kier molecular flexibility index (Phi) is 6.85. The molecule has 0 N–H and O–H groups in total. The van der Waals surface area contributed by atoms with Crippen LogP contribution >= 0.6 is 0 Å². The minimum absolute atomic E-state index is 0.0189. The molecule has 0 radical (unpaired) electrons. The fraction of sp³-hybridized carbons (Fsp3) is 0.290. The maximum absolute atomic E-state index is 13.5. The van der Waals surface area contributed by atoms with Gasteiger partial charge in [-0.15, -0.1) is 0 Å². The molecular weight excluding hydrogens is 455 g/mol. The molecule has 5 heteroatoms. The van der Waals surface area contributed by atoms with E-state index < -0.39 is 0 Å². The minimum Gasteiger partial charge on any atom is -0.496 e. The number of ketones is 2. The van der Waals surface area contributed by atoms with Crippen molar-refractivity contribution in [2.75, 3.05) is 7.11 Å². The number of rotatable bonds is 7. The number of fused-ring (bicyclic) bond motifs is 1. The summed E-state index contributed by atoms with van der Waals surface area (Å²) >= 11 is 0. The number of ether oxygens (including phenoxy) is 1. The zero-order valence-corrected chi connectivity index (χ0v) is 21.6. The van der Waals surface area contributed by atoms with Crippen LogP contribution in [0.2, 0.25) is 0 Å². The Morgan fingerprint density at radius 3 is 2.22 bits per heavy atom. The number of hydrogen-bond donors (Lipinski definition) is 0. The molecule has 0 aliphatic carbocycles. The van der Waals surface area contributed by atoms with E-state index in [2.05, 4.69) is 0 Å². The van der Waals surface area contributed by atoms with Crippen LogP contribution in [0.3, 0.4) is 0 Å². The largest absolute Gasteiger partial charge is 0.496 e. The topological polar surface area (TPSA) is 56.5 Å². The zero-order chi connectivity index (χ0) is 26.2. The van der Waals surface area contributed by atoms with Gasteiger partial charge in [0.15, 0.2) is 11.6 Å². The van der Waals surface area contributed by atoms with E-state index in [1.54, 1.807) is 26.2 Å². The molecule has 4 aromatic rings. The molecule has 0 aliphatic heterocycles. The van der Waals surface area contributed by atoms with Crippen LogP contribution in [0.15, 0.2) is 59.0 Å². The molecule has 0 saturated carbocycles. The van der Waals surface area contributed by atoms with E-state index >= 15 is 0 Å². The van der Waals surface area contributed by atoms with Crippen molar-refractivity contribution in [3.63, 3.8) is 0 Å². The highest BCUT2D eigenvalue weighted by molar-refractivity contribution is 6.13. The fourth-order valence-electron chi connectivity index (χ4n) is 4.48. The zero-order valence-electron chi connectivity index (χ0n) is 21.6. The number of halogens is 1. The Morgan fingerprint density at radius 1 is 0.944 bits per heavy atom. The first-order valence-electron chi connectivity index (χ1n) is 12.1. The highest BCUT2D eigenvalue weighted by Gasteiger charge is 2.24. The van der Waals surface area contributed by atoms with Gasteiger partial charge in [0.05, 0.1) is 18.2 Å². The summed E-state index contributed by atoms with van der Waals surface area (Å²) in [5, 5.41) is 0.691. The monoisotopic (exact) mass is 486 g/mol. The molecule has 3 aromatic carbocycles. The Bertz CT molecular complexity index is 1450. The van der Waals surface area contributed by atoms with Crippen molar-refractivity contribution in [3.05, 3.63) is 77.1 Å². The lowest BCUT2D eigenvalue weighted by atomic mass is 9.86. The fourth-order valence-corrected chi connectivity index (χ4v) is 4.48. The van der Waals surface area contributed by atoms with Crippen LogP contribution in [0, 0.1) is 18.2 Å². The van der Waals surface area contributed by atoms with Gasteiger partial charge in [0.2, 0.25) is 0 Å². The van der Waals surface area contributed by atoms with Crippen molar-refractivity contribution >= 4 is 22.5 Å². The van der Waals surface area contributed by atoms with Gasteiger partial charge in [0.25, 0.3) is 0 Å². The molecule has 0 bridgehead atoms. The molecule has 0 amide bonds. The Labute approximate surface area is 211 Å². The van der Waals surface area contributed by atoms with E-state index in [4.69, 9.17) is 9.15 Å². The summed E-state index contributed by atoms with van der Waals surface area (Å²) in [5.74, 6) is 0.590. The molecule has 4 nitrogen and oxygen atoms in total. The highest BCUT2D eigenvalue weighted by atomic mass is 19.1. The van der Waals surface area contributed by atoms with Crippen molar-refractivity contribution < 1.29 is 23.1 Å². The standard InChI is InChI=1S/C31H31FO4/c1-7-25(33)29-24-15-20(10-13-27(24)36-30(29)19-8-11-21(32)12-9-19)22-16-23(26(34)17-31(3,4)5)28(35-6)14-18(22)2/h8-16H,7,17H2,1-6H3. The smallest absolute Gasteiger partial charge is 0.167 e. The number of methoxy groups -OCH3 is 1. The van der Waals surface area contributed by atoms with Crippen LogP contribution in [0.1, 0.15) is 66.8 Å². The van der Waals surface area contributed by atoms with E-state index in [1.165, 1.54) is 12.1 Å². The maximum atomic E-state index is 13.5. The molecule has 0 atom stereocenters. The van der Waals surface area contributed by atoms with Crippen LogP contribution in [0.25, 0.3) is 33.4 Å². The van der Waals surface area contributed by atoms with E-state index in [-0.39, 0.29) is 22.8 Å². The lowest BCUT2D eigenvalue weighted by molar-refractivity contribution is 0.0935. The third kappa shape index (κ3) is 4.97. The van der Waals surface area contributed by atoms with E-state index in [0.29, 0.717) is 52.0 Å². The molecule has 1 heterocycles. The van der Waals surface area contributed by atoms with Crippen LogP contribution < -0.4 is 4.74 Å². The number of carbonyl (C=O) groups excluding carboxylic acids is 2. The minimum atomic E-state index is -0.354. The lowest BCUT2D eigenvalue weighted by Crippen LogP contribution is -2.14. The first-order valence-corrected chi connectivity index (χ1v) is 12.1. The van der Waals surface area contributed by atoms with Crippen LogP contribution in [0.4, 0.5) is 4.39 Å². The number of benzene rings is 3. The number of Topliss-reactive ketones (excluding diaryl/α,β-unsaturated/α-hetero) is 2. The van der Waals surface area contributed by atoms with Gasteiger partial charge >= 0.3 is 0 Å². The summed E-state index contributed by atoms with van der Waals surface area (Å²) in [7, 11) is 1.57. The van der Waals surface area contributed by atoms with Crippen LogP contribution in [0.5, 0.6) is 5.75 Å². The van der Waals surface area contributed by atoms with Crippen molar-refractivity contribution in [3.8, 4) is 28.2 Å². The molecule has 0 fully saturated rings. The molecule has 4 rings (SSSR count). The van der Waals surface area contributed by atoms with Gasteiger partial charge < -0.3 is 9.15 Å². The van der Waals surface area contributed by atoms with Gasteiger partial charge in [0, 0.05) is 23.8 Å². The summed E-state index contributed by atoms with van der Waals surface area (Å²) in [6.45, 7) is 9.87. The summed E-state index contributed by atoms with van der Waals surface area (Å²) in [4.78, 5) is 26.2. The molecule has 0 saturated heterocycles. The van der Waals surface area contributed by atoms with Gasteiger partial charge in [0.1, 0.15) is 22.9 Å². The molecule has 186 valence electrons. The molecule has 36 heavy (non-hydrogen) atoms. The van der Waals surface area contributed by atoms with Crippen LogP contribution in [-0.4, -0.2) is 18.7 Å². The Morgan fingerprint density at radius 2 is 1.61 bits per heavy atom. The predicted octanol–water partition coefficient (Wildman–Crippen LogP) is 8.43. The molecule has 0 aliphatic rings. The van der Waals surface area contributed by atoms with Gasteiger partial charge in [-0.05, 0) is 77.6 Å². The van der Waals surface area contributed by atoms with Crippen molar-refractivity contribution in [2.45, 2.75) is 47.5 Å². The van der Waals surface area contributed by atoms with Crippen molar-refractivity contribution in [1.29, 1.82) is 0 Å². The van der Waals surface area contributed by atoms with Crippen LogP contribution in [-0.2, 0) is 0 Å². The molecular formula is C31H31FO4. The summed E-state index contributed by atoms with van der Waals surface area (Å²) < 4.78 is 25.2. The van der Waals surface area contributed by atoms with Gasteiger partial charge in [-0.2, -0.15) is 0 Å². The summed E-state index contributed by atoms with van der Waals surface area (Å²) in [6, 6.07) is 15.4. The van der Waals surface area contributed by atoms with Gasteiger partial charge in [-0.1, -0.05) is 33.8 Å². The van der Waals surface area contributed by atoms with Crippen molar-refractivity contribution in [2.24, 2.45) is 5.41 Å². The summed E-state index contributed by atoms with van der Waals surface area (Å²) in [5.41, 5.74) is 4.78. The molecule has 0 spiro atoms. The highest BCUT2D eigenvalue weighted by Crippen LogP contribution is 2.39. The Hall–Kier alpha value is -3.73. The average Bonchev–Trinajstić information content (AvgIpc) is 3.21. The Balaban J connectivity index is 1.90. The van der Waals surface area contributed by atoms with E-state index in [1.807, 2.05) is 58.0 Å². The SMILES string of the molecule is CCC(=O)c1c(-c2ccc(F)cc2)oc2ccc(-c3cc(C(=O)CC(C)(C)C)c(OC)cc3C)cc12. The number of carbonyl (C=O) groups is 2.